The lowest BCUT2D eigenvalue weighted by Gasteiger charge is -1.90. The van der Waals surface area contributed by atoms with E-state index >= 15 is 0 Å². The molecule has 72 valence electrons. The summed E-state index contributed by atoms with van der Waals surface area (Å²) in [6.07, 6.45) is 4.78. The molecule has 0 bridgehead atoms. The summed E-state index contributed by atoms with van der Waals surface area (Å²) in [5, 5.41) is 8.69. The molecule has 1 aromatic carbocycles. The fourth-order valence-corrected chi connectivity index (χ4v) is 1.51. The molecule has 1 aliphatic carbocycles. The smallest absolute Gasteiger partial charge is 0.307 e. The predicted octanol–water partition coefficient (Wildman–Crippen LogP) is 2.42. The number of rotatable bonds is 3. The Morgan fingerprint density at radius 2 is 2.07 bits per heavy atom. The van der Waals surface area contributed by atoms with Gasteiger partial charge in [-0.25, -0.2) is 0 Å². The molecule has 2 nitrogen and oxygen atoms in total. The Morgan fingerprint density at radius 3 is 2.64 bits per heavy atom. The van der Waals surface area contributed by atoms with Crippen LogP contribution in [0.5, 0.6) is 0 Å². The normalized spacial score (nSPS) is 25.1. The molecule has 0 spiro atoms. The van der Waals surface area contributed by atoms with Crippen LogP contribution < -0.4 is 0 Å². The van der Waals surface area contributed by atoms with Crippen molar-refractivity contribution in [2.75, 3.05) is 0 Å². The second-order valence-electron chi connectivity index (χ2n) is 3.61. The van der Waals surface area contributed by atoms with Gasteiger partial charge in [0, 0.05) is 0 Å². The number of benzene rings is 1. The molecular formula is C12H12O2. The van der Waals surface area contributed by atoms with Crippen molar-refractivity contribution in [3.05, 3.63) is 42.0 Å². The first kappa shape index (κ1) is 9.00. The van der Waals surface area contributed by atoms with Crippen molar-refractivity contribution in [3.8, 4) is 0 Å². The van der Waals surface area contributed by atoms with E-state index in [1.54, 1.807) is 0 Å². The Bertz CT molecular complexity index is 354. The number of carbonyl (C=O) groups is 1. The maximum atomic E-state index is 10.5. The van der Waals surface area contributed by atoms with Crippen LogP contribution in [0.15, 0.2) is 36.4 Å². The van der Waals surface area contributed by atoms with Gasteiger partial charge in [-0.3, -0.25) is 4.79 Å². The highest BCUT2D eigenvalue weighted by Crippen LogP contribution is 2.40. The summed E-state index contributed by atoms with van der Waals surface area (Å²) in [6.45, 7) is 0. The highest BCUT2D eigenvalue weighted by atomic mass is 16.4. The van der Waals surface area contributed by atoms with E-state index in [4.69, 9.17) is 5.11 Å². The summed E-state index contributed by atoms with van der Waals surface area (Å²) in [6, 6.07) is 9.93. The number of hydrogen-bond acceptors (Lipinski definition) is 1. The van der Waals surface area contributed by atoms with Gasteiger partial charge in [0.15, 0.2) is 0 Å². The van der Waals surface area contributed by atoms with E-state index in [9.17, 15) is 4.79 Å². The van der Waals surface area contributed by atoms with E-state index in [-0.39, 0.29) is 11.8 Å². The largest absolute Gasteiger partial charge is 0.481 e. The van der Waals surface area contributed by atoms with Crippen LogP contribution in [0.1, 0.15) is 12.0 Å². The van der Waals surface area contributed by atoms with E-state index < -0.39 is 5.97 Å². The summed E-state index contributed by atoms with van der Waals surface area (Å²) in [5.41, 5.74) is 1.13. The minimum absolute atomic E-state index is 0.144. The molecule has 0 heterocycles. The van der Waals surface area contributed by atoms with Gasteiger partial charge in [-0.1, -0.05) is 42.5 Å². The van der Waals surface area contributed by atoms with Gasteiger partial charge in [0.05, 0.1) is 5.92 Å². The first-order chi connectivity index (χ1) is 6.77. The predicted molar refractivity (Wildman–Crippen MR) is 54.7 cm³/mol. The number of carboxylic acids is 1. The minimum Gasteiger partial charge on any atom is -0.481 e. The molecule has 2 unspecified atom stereocenters. The summed E-state index contributed by atoms with van der Waals surface area (Å²) < 4.78 is 0. The molecule has 1 saturated carbocycles. The molecule has 0 amide bonds. The Kier molecular flexibility index (Phi) is 2.35. The summed E-state index contributed by atoms with van der Waals surface area (Å²) in [7, 11) is 0. The second-order valence-corrected chi connectivity index (χ2v) is 3.61. The van der Waals surface area contributed by atoms with Crippen LogP contribution in [0.2, 0.25) is 0 Å². The molecule has 0 aromatic heterocycles. The van der Waals surface area contributed by atoms with Crippen LogP contribution in [-0.4, -0.2) is 11.1 Å². The Morgan fingerprint density at radius 1 is 1.36 bits per heavy atom. The molecule has 0 saturated heterocycles. The molecular weight excluding hydrogens is 176 g/mol. The summed E-state index contributed by atoms with van der Waals surface area (Å²) in [5.74, 6) is -0.574. The Balaban J connectivity index is 1.94. The average Bonchev–Trinajstić information content (AvgIpc) is 2.96. The monoisotopic (exact) mass is 188 g/mol. The third-order valence-corrected chi connectivity index (χ3v) is 2.49. The van der Waals surface area contributed by atoms with Crippen molar-refractivity contribution < 1.29 is 9.90 Å². The van der Waals surface area contributed by atoms with Crippen LogP contribution >= 0.6 is 0 Å². The fraction of sp³-hybridized carbons (Fsp3) is 0.250. The fourth-order valence-electron chi connectivity index (χ4n) is 1.51. The third-order valence-electron chi connectivity index (χ3n) is 2.49. The van der Waals surface area contributed by atoms with Crippen molar-refractivity contribution in [2.45, 2.75) is 6.42 Å². The molecule has 2 atom stereocenters. The van der Waals surface area contributed by atoms with Crippen molar-refractivity contribution in [1.29, 1.82) is 0 Å². The second kappa shape index (κ2) is 3.66. The maximum Gasteiger partial charge on any atom is 0.307 e. The molecule has 2 heteroatoms. The van der Waals surface area contributed by atoms with Gasteiger partial charge < -0.3 is 5.11 Å². The summed E-state index contributed by atoms with van der Waals surface area (Å²) >= 11 is 0. The van der Waals surface area contributed by atoms with Gasteiger partial charge in [-0.15, -0.1) is 0 Å². The zero-order chi connectivity index (χ0) is 9.97. The van der Waals surface area contributed by atoms with Crippen LogP contribution in [-0.2, 0) is 4.79 Å². The maximum absolute atomic E-state index is 10.5. The molecule has 1 N–H and O–H groups in total. The molecule has 2 rings (SSSR count). The first-order valence-corrected chi connectivity index (χ1v) is 4.73. The van der Waals surface area contributed by atoms with Gasteiger partial charge >= 0.3 is 5.97 Å². The Labute approximate surface area is 82.9 Å². The van der Waals surface area contributed by atoms with E-state index in [1.807, 2.05) is 42.5 Å². The number of aliphatic carboxylic acids is 1. The first-order valence-electron chi connectivity index (χ1n) is 4.73. The molecule has 1 aromatic rings. The van der Waals surface area contributed by atoms with Crippen LogP contribution in [0.25, 0.3) is 6.08 Å². The average molecular weight is 188 g/mol. The van der Waals surface area contributed by atoms with Crippen molar-refractivity contribution in [2.24, 2.45) is 11.8 Å². The zero-order valence-corrected chi connectivity index (χ0v) is 7.76. The SMILES string of the molecule is O=C(O)C1CC1C=Cc1ccccc1. The number of hydrogen-bond donors (Lipinski definition) is 1. The van der Waals surface area contributed by atoms with Gasteiger partial charge in [-0.05, 0) is 17.9 Å². The molecule has 1 fully saturated rings. The quantitative estimate of drug-likeness (QED) is 0.790. The molecule has 0 radical (unpaired) electrons. The highest BCUT2D eigenvalue weighted by molar-refractivity contribution is 5.74. The van der Waals surface area contributed by atoms with Crippen LogP contribution in [0.3, 0.4) is 0 Å². The van der Waals surface area contributed by atoms with E-state index in [0.717, 1.165) is 12.0 Å². The summed E-state index contributed by atoms with van der Waals surface area (Å²) in [4.78, 5) is 10.5. The zero-order valence-electron chi connectivity index (χ0n) is 7.76. The van der Waals surface area contributed by atoms with E-state index in [0.29, 0.717) is 0 Å². The number of allylic oxidation sites excluding steroid dienone is 1. The topological polar surface area (TPSA) is 37.3 Å². The third kappa shape index (κ3) is 2.02. The van der Waals surface area contributed by atoms with Crippen molar-refractivity contribution in [3.63, 3.8) is 0 Å². The highest BCUT2D eigenvalue weighted by Gasteiger charge is 2.40. The van der Waals surface area contributed by atoms with Crippen molar-refractivity contribution >= 4 is 12.0 Å². The lowest BCUT2D eigenvalue weighted by Crippen LogP contribution is -1.97. The van der Waals surface area contributed by atoms with E-state index in [2.05, 4.69) is 0 Å². The molecule has 1 aliphatic rings. The van der Waals surface area contributed by atoms with Crippen molar-refractivity contribution in [1.82, 2.24) is 0 Å². The Hall–Kier alpha value is -1.57. The van der Waals surface area contributed by atoms with Gasteiger partial charge in [-0.2, -0.15) is 0 Å². The van der Waals surface area contributed by atoms with Gasteiger partial charge in [0.25, 0.3) is 0 Å². The van der Waals surface area contributed by atoms with Crippen LogP contribution in [0, 0.1) is 11.8 Å². The lowest BCUT2D eigenvalue weighted by molar-refractivity contribution is -0.138. The number of carboxylic acid groups (broad SMARTS) is 1. The van der Waals surface area contributed by atoms with Gasteiger partial charge in [0.1, 0.15) is 0 Å². The molecule has 14 heavy (non-hydrogen) atoms. The van der Waals surface area contributed by atoms with Crippen LogP contribution in [0.4, 0.5) is 0 Å². The molecule has 0 aliphatic heterocycles. The minimum atomic E-state index is -0.673. The lowest BCUT2D eigenvalue weighted by atomic mass is 10.2. The van der Waals surface area contributed by atoms with Gasteiger partial charge in [0.2, 0.25) is 0 Å². The standard InChI is InChI=1S/C12H12O2/c13-12(14)11-8-10(11)7-6-9-4-2-1-3-5-9/h1-7,10-11H,8H2,(H,13,14). The van der Waals surface area contributed by atoms with E-state index in [1.165, 1.54) is 0 Å².